The number of fused-ring (bicyclic) bond motifs is 1. The molecule has 2 saturated heterocycles. The van der Waals surface area contributed by atoms with Crippen molar-refractivity contribution in [1.82, 2.24) is 20.1 Å². The number of nitrogens with zero attached hydrogens (tertiary/aromatic N) is 3. The van der Waals surface area contributed by atoms with E-state index in [0.29, 0.717) is 13.0 Å². The fourth-order valence-corrected chi connectivity index (χ4v) is 6.50. The summed E-state index contributed by atoms with van der Waals surface area (Å²) in [5.41, 5.74) is 0.118. The zero-order valence-corrected chi connectivity index (χ0v) is 18.6. The molecule has 0 bridgehead atoms. The Morgan fingerprint density at radius 1 is 1.19 bits per heavy atom. The first-order chi connectivity index (χ1) is 15.0. The molecule has 1 aliphatic carbocycles. The number of piperidine rings is 1. The van der Waals surface area contributed by atoms with Gasteiger partial charge in [-0.1, -0.05) is 31.9 Å². The maximum Gasteiger partial charge on any atom is 0.325 e. The van der Waals surface area contributed by atoms with Crippen LogP contribution < -0.4 is 5.32 Å². The number of nitrogens with one attached hydrogen (secondary N) is 1. The second-order valence-corrected chi connectivity index (χ2v) is 10.1. The molecule has 8 heteroatoms. The predicted molar refractivity (Wildman–Crippen MR) is 119 cm³/mol. The Morgan fingerprint density at radius 3 is 2.81 bits per heavy atom. The van der Waals surface area contributed by atoms with Crippen LogP contribution in [0.4, 0.5) is 4.79 Å². The Labute approximate surface area is 185 Å². The SMILES string of the molecule is C[C@@H]1CCCC[C@]12NC(=O)N(CC(=O)N1CCCC[C@H]1c1nc3ccccc3s1)C2=O. The van der Waals surface area contributed by atoms with Gasteiger partial charge in [-0.2, -0.15) is 0 Å². The molecule has 2 aromatic rings. The van der Waals surface area contributed by atoms with Crippen LogP contribution in [-0.4, -0.2) is 51.3 Å². The largest absolute Gasteiger partial charge is 0.332 e. The molecule has 2 aliphatic heterocycles. The maximum absolute atomic E-state index is 13.3. The summed E-state index contributed by atoms with van der Waals surface area (Å²) in [4.78, 5) is 47.0. The molecular weight excluding hydrogens is 412 g/mol. The third-order valence-electron chi connectivity index (χ3n) is 7.21. The Bertz CT molecular complexity index is 1000. The number of aromatic nitrogens is 1. The van der Waals surface area contributed by atoms with Crippen molar-refractivity contribution in [2.24, 2.45) is 5.92 Å². The van der Waals surface area contributed by atoms with Crippen molar-refractivity contribution in [3.8, 4) is 0 Å². The Kier molecular flexibility index (Phi) is 5.20. The van der Waals surface area contributed by atoms with Gasteiger partial charge in [0, 0.05) is 6.54 Å². The van der Waals surface area contributed by atoms with Gasteiger partial charge in [-0.3, -0.25) is 14.5 Å². The van der Waals surface area contributed by atoms with Crippen LogP contribution in [0.3, 0.4) is 0 Å². The zero-order valence-electron chi connectivity index (χ0n) is 17.8. The number of amides is 4. The lowest BCUT2D eigenvalue weighted by molar-refractivity contribution is -0.142. The first kappa shape index (κ1) is 20.4. The molecule has 164 valence electrons. The van der Waals surface area contributed by atoms with E-state index < -0.39 is 11.6 Å². The van der Waals surface area contributed by atoms with Gasteiger partial charge in [-0.25, -0.2) is 9.78 Å². The molecule has 0 radical (unpaired) electrons. The highest BCUT2D eigenvalue weighted by Gasteiger charge is 2.55. The van der Waals surface area contributed by atoms with Crippen LogP contribution in [0.1, 0.15) is 62.9 Å². The summed E-state index contributed by atoms with van der Waals surface area (Å²) in [6, 6.07) is 7.47. The van der Waals surface area contributed by atoms with Gasteiger partial charge in [0.1, 0.15) is 17.1 Å². The van der Waals surface area contributed by atoms with Crippen LogP contribution in [0.25, 0.3) is 10.2 Å². The van der Waals surface area contributed by atoms with Crippen molar-refractivity contribution in [3.05, 3.63) is 29.3 Å². The van der Waals surface area contributed by atoms with E-state index in [-0.39, 0.29) is 30.3 Å². The number of thiazole rings is 1. The fraction of sp³-hybridized carbons (Fsp3) is 0.565. The van der Waals surface area contributed by atoms with E-state index in [9.17, 15) is 14.4 Å². The maximum atomic E-state index is 13.3. The second-order valence-electron chi connectivity index (χ2n) is 9.06. The number of benzene rings is 1. The van der Waals surface area contributed by atoms with Crippen molar-refractivity contribution >= 4 is 39.4 Å². The summed E-state index contributed by atoms with van der Waals surface area (Å²) < 4.78 is 1.11. The highest BCUT2D eigenvalue weighted by atomic mass is 32.1. The van der Waals surface area contributed by atoms with E-state index in [4.69, 9.17) is 4.98 Å². The van der Waals surface area contributed by atoms with Crippen molar-refractivity contribution in [2.75, 3.05) is 13.1 Å². The molecule has 3 aliphatic rings. The number of imide groups is 1. The van der Waals surface area contributed by atoms with Gasteiger partial charge in [-0.15, -0.1) is 11.3 Å². The molecule has 1 aromatic heterocycles. The number of rotatable bonds is 3. The fourth-order valence-electron chi connectivity index (χ4n) is 5.38. The van der Waals surface area contributed by atoms with Crippen molar-refractivity contribution < 1.29 is 14.4 Å². The summed E-state index contributed by atoms with van der Waals surface area (Å²) in [5.74, 6) is -0.317. The van der Waals surface area contributed by atoms with Crippen LogP contribution in [0.5, 0.6) is 0 Å². The molecule has 1 aromatic carbocycles. The van der Waals surface area contributed by atoms with Gasteiger partial charge < -0.3 is 10.2 Å². The zero-order chi connectivity index (χ0) is 21.6. The van der Waals surface area contributed by atoms with E-state index in [1.165, 1.54) is 0 Å². The minimum Gasteiger partial charge on any atom is -0.332 e. The van der Waals surface area contributed by atoms with Crippen LogP contribution in [0.2, 0.25) is 0 Å². The summed E-state index contributed by atoms with van der Waals surface area (Å²) in [6.45, 7) is 2.46. The third kappa shape index (κ3) is 3.41. The normalized spacial score (nSPS) is 29.1. The summed E-state index contributed by atoms with van der Waals surface area (Å²) in [6.07, 6.45) is 6.38. The number of carbonyl (C=O) groups is 3. The van der Waals surface area contributed by atoms with Gasteiger partial charge in [0.2, 0.25) is 5.91 Å². The van der Waals surface area contributed by atoms with Crippen LogP contribution in [0.15, 0.2) is 24.3 Å². The number of hydrogen-bond donors (Lipinski definition) is 1. The van der Waals surface area contributed by atoms with E-state index in [2.05, 4.69) is 5.32 Å². The molecule has 31 heavy (non-hydrogen) atoms. The van der Waals surface area contributed by atoms with Gasteiger partial charge in [0.15, 0.2) is 0 Å². The molecule has 3 atom stereocenters. The topological polar surface area (TPSA) is 82.6 Å². The van der Waals surface area contributed by atoms with Crippen molar-refractivity contribution in [3.63, 3.8) is 0 Å². The molecule has 1 saturated carbocycles. The highest BCUT2D eigenvalue weighted by molar-refractivity contribution is 7.18. The smallest absolute Gasteiger partial charge is 0.325 e. The Morgan fingerprint density at radius 2 is 2.00 bits per heavy atom. The second kappa shape index (κ2) is 7.89. The molecule has 1 N–H and O–H groups in total. The number of urea groups is 1. The number of likely N-dealkylation sites (tertiary alicyclic amines) is 1. The van der Waals surface area contributed by atoms with Gasteiger partial charge >= 0.3 is 6.03 Å². The molecule has 5 rings (SSSR count). The minimum absolute atomic E-state index is 0.0864. The molecule has 4 amide bonds. The molecule has 1 spiro atoms. The monoisotopic (exact) mass is 440 g/mol. The minimum atomic E-state index is -0.829. The van der Waals surface area contributed by atoms with Gasteiger partial charge in [0.25, 0.3) is 5.91 Å². The van der Waals surface area contributed by atoms with E-state index in [1.807, 2.05) is 36.1 Å². The summed E-state index contributed by atoms with van der Waals surface area (Å²) in [7, 11) is 0. The van der Waals surface area contributed by atoms with Gasteiger partial charge in [-0.05, 0) is 50.2 Å². The lowest BCUT2D eigenvalue weighted by atomic mass is 9.73. The molecule has 3 fully saturated rings. The van der Waals surface area contributed by atoms with E-state index in [1.54, 1.807) is 11.3 Å². The standard InChI is InChI=1S/C23H28N4O3S/c1-15-8-4-6-12-23(15)21(29)27(22(30)25-23)14-19(28)26-13-7-5-10-17(26)20-24-16-9-2-3-11-18(16)31-20/h2-3,9,11,15,17H,4-8,10,12-14H2,1H3,(H,25,30)/t15-,17+,23+/m1/s1. The van der Waals surface area contributed by atoms with Crippen LogP contribution in [-0.2, 0) is 9.59 Å². The Hall–Kier alpha value is -2.48. The molecule has 7 nitrogen and oxygen atoms in total. The first-order valence-corrected chi connectivity index (χ1v) is 12.1. The average Bonchev–Trinajstić information content (AvgIpc) is 3.31. The number of carbonyl (C=O) groups excluding carboxylic acids is 3. The Balaban J connectivity index is 1.36. The van der Waals surface area contributed by atoms with Crippen molar-refractivity contribution in [2.45, 2.75) is 63.5 Å². The lowest BCUT2D eigenvalue weighted by Gasteiger charge is -2.37. The van der Waals surface area contributed by atoms with Crippen LogP contribution >= 0.6 is 11.3 Å². The summed E-state index contributed by atoms with van der Waals surface area (Å²) in [5, 5.41) is 3.88. The van der Waals surface area contributed by atoms with E-state index >= 15 is 0 Å². The average molecular weight is 441 g/mol. The third-order valence-corrected chi connectivity index (χ3v) is 8.35. The first-order valence-electron chi connectivity index (χ1n) is 11.3. The quantitative estimate of drug-likeness (QED) is 0.735. The van der Waals surface area contributed by atoms with Crippen LogP contribution in [0, 0.1) is 5.92 Å². The van der Waals surface area contributed by atoms with E-state index in [0.717, 1.165) is 58.6 Å². The summed E-state index contributed by atoms with van der Waals surface area (Å²) >= 11 is 1.62. The molecular formula is C23H28N4O3S. The van der Waals surface area contributed by atoms with Crippen molar-refractivity contribution in [1.29, 1.82) is 0 Å². The lowest BCUT2D eigenvalue weighted by Crippen LogP contribution is -2.54. The molecule has 3 heterocycles. The number of para-hydroxylation sites is 1. The predicted octanol–water partition coefficient (Wildman–Crippen LogP) is 3.85. The molecule has 0 unspecified atom stereocenters. The van der Waals surface area contributed by atoms with Gasteiger partial charge in [0.05, 0.1) is 16.3 Å². The number of hydrogen-bond acceptors (Lipinski definition) is 5. The highest BCUT2D eigenvalue weighted by Crippen LogP contribution is 2.39.